The largest absolute Gasteiger partial charge is 0.507 e. The molecule has 5 nitrogen and oxygen atoms in total. The Labute approximate surface area is 194 Å². The lowest BCUT2D eigenvalue weighted by Crippen LogP contribution is -2.04. The maximum atomic E-state index is 10.8. The zero-order valence-electron chi connectivity index (χ0n) is 19.7. The van der Waals surface area contributed by atoms with Crippen LogP contribution < -0.4 is 0 Å². The summed E-state index contributed by atoms with van der Waals surface area (Å²) in [6.45, 7) is 9.94. The SMILES string of the molecule is Cc1ccc(-c2nc(-c3ccc(C)cc3C)nc(-c3ccc(CC(C)O)cc3O)n2)c(C)c1. The molecular formula is C28H29N3O2. The number of aromatic hydroxyl groups is 1. The van der Waals surface area contributed by atoms with Crippen molar-refractivity contribution in [2.45, 2.75) is 47.1 Å². The van der Waals surface area contributed by atoms with Gasteiger partial charge in [0.25, 0.3) is 0 Å². The van der Waals surface area contributed by atoms with Crippen molar-refractivity contribution in [1.29, 1.82) is 0 Å². The van der Waals surface area contributed by atoms with Crippen LogP contribution in [0.1, 0.15) is 34.7 Å². The highest BCUT2D eigenvalue weighted by molar-refractivity contribution is 5.72. The van der Waals surface area contributed by atoms with Gasteiger partial charge < -0.3 is 10.2 Å². The first-order chi connectivity index (χ1) is 15.7. The second-order valence-electron chi connectivity index (χ2n) is 8.85. The van der Waals surface area contributed by atoms with Crippen molar-refractivity contribution >= 4 is 0 Å². The van der Waals surface area contributed by atoms with E-state index in [1.54, 1.807) is 19.1 Å². The Kier molecular flexibility index (Phi) is 6.25. The maximum Gasteiger partial charge on any atom is 0.167 e. The minimum absolute atomic E-state index is 0.0810. The first-order valence-electron chi connectivity index (χ1n) is 11.1. The number of aromatic nitrogens is 3. The Morgan fingerprint density at radius 1 is 0.667 bits per heavy atom. The highest BCUT2D eigenvalue weighted by Gasteiger charge is 2.17. The summed E-state index contributed by atoms with van der Waals surface area (Å²) in [6.07, 6.45) is -0.0215. The molecule has 3 aromatic carbocycles. The van der Waals surface area contributed by atoms with Gasteiger partial charge in [0, 0.05) is 11.1 Å². The molecule has 0 saturated heterocycles. The van der Waals surface area contributed by atoms with Crippen LogP contribution in [0.3, 0.4) is 0 Å². The van der Waals surface area contributed by atoms with Gasteiger partial charge in [-0.05, 0) is 69.9 Å². The van der Waals surface area contributed by atoms with E-state index in [1.807, 2.05) is 44.2 Å². The number of hydrogen-bond acceptors (Lipinski definition) is 5. The molecule has 0 aliphatic heterocycles. The van der Waals surface area contributed by atoms with E-state index in [9.17, 15) is 10.2 Å². The Balaban J connectivity index is 1.91. The normalized spacial score (nSPS) is 12.1. The smallest absolute Gasteiger partial charge is 0.167 e. The van der Waals surface area contributed by atoms with Crippen LogP contribution in [0.25, 0.3) is 34.2 Å². The molecular weight excluding hydrogens is 410 g/mol. The van der Waals surface area contributed by atoms with Crippen molar-refractivity contribution in [2.75, 3.05) is 0 Å². The molecule has 0 saturated carbocycles. The molecule has 1 heterocycles. The Morgan fingerprint density at radius 2 is 1.12 bits per heavy atom. The Bertz CT molecular complexity index is 1260. The molecule has 0 amide bonds. The Morgan fingerprint density at radius 3 is 1.55 bits per heavy atom. The molecule has 0 radical (unpaired) electrons. The van der Waals surface area contributed by atoms with Gasteiger partial charge in [0.2, 0.25) is 0 Å². The number of aliphatic hydroxyl groups excluding tert-OH is 1. The van der Waals surface area contributed by atoms with Gasteiger partial charge in [-0.2, -0.15) is 0 Å². The quantitative estimate of drug-likeness (QED) is 0.415. The Hall–Kier alpha value is -3.57. The fourth-order valence-electron chi connectivity index (χ4n) is 4.10. The van der Waals surface area contributed by atoms with Crippen LogP contribution in [-0.2, 0) is 6.42 Å². The summed E-state index contributed by atoms with van der Waals surface area (Å²) < 4.78 is 0. The van der Waals surface area contributed by atoms with Crippen LogP contribution in [0, 0.1) is 27.7 Å². The van der Waals surface area contributed by atoms with Crippen LogP contribution in [0.2, 0.25) is 0 Å². The lowest BCUT2D eigenvalue weighted by molar-refractivity contribution is 0.195. The zero-order chi connectivity index (χ0) is 23.7. The summed E-state index contributed by atoms with van der Waals surface area (Å²) in [4.78, 5) is 14.3. The molecule has 0 aliphatic carbocycles. The zero-order valence-corrected chi connectivity index (χ0v) is 19.7. The summed E-state index contributed by atoms with van der Waals surface area (Å²) in [5, 5.41) is 20.5. The summed E-state index contributed by atoms with van der Waals surface area (Å²) >= 11 is 0. The number of benzene rings is 3. The number of hydrogen-bond donors (Lipinski definition) is 2. The molecule has 1 unspecified atom stereocenters. The van der Waals surface area contributed by atoms with Crippen molar-refractivity contribution < 1.29 is 10.2 Å². The number of nitrogens with zero attached hydrogens (tertiary/aromatic N) is 3. The predicted molar refractivity (Wildman–Crippen MR) is 132 cm³/mol. The molecule has 0 aliphatic rings. The number of rotatable bonds is 5. The van der Waals surface area contributed by atoms with Gasteiger partial charge in [0.05, 0.1) is 11.7 Å². The number of phenolic OH excluding ortho intramolecular Hbond substituents is 1. The molecule has 33 heavy (non-hydrogen) atoms. The minimum Gasteiger partial charge on any atom is -0.507 e. The molecule has 2 N–H and O–H groups in total. The van der Waals surface area contributed by atoms with E-state index in [4.69, 9.17) is 15.0 Å². The molecule has 0 spiro atoms. The topological polar surface area (TPSA) is 79.1 Å². The van der Waals surface area contributed by atoms with Crippen molar-refractivity contribution in [3.8, 4) is 39.9 Å². The van der Waals surface area contributed by atoms with Gasteiger partial charge in [0.1, 0.15) is 5.75 Å². The van der Waals surface area contributed by atoms with E-state index in [0.717, 1.165) is 27.8 Å². The van der Waals surface area contributed by atoms with E-state index in [2.05, 4.69) is 26.0 Å². The summed E-state index contributed by atoms with van der Waals surface area (Å²) in [5.41, 5.74) is 7.75. The summed E-state index contributed by atoms with van der Waals surface area (Å²) in [7, 11) is 0. The molecule has 5 heteroatoms. The number of aryl methyl sites for hydroxylation is 4. The van der Waals surface area contributed by atoms with Crippen LogP contribution in [0.4, 0.5) is 0 Å². The average Bonchev–Trinajstić information content (AvgIpc) is 2.73. The second-order valence-corrected chi connectivity index (χ2v) is 8.85. The monoisotopic (exact) mass is 439 g/mol. The third-order valence-electron chi connectivity index (χ3n) is 5.72. The molecule has 1 aromatic heterocycles. The van der Waals surface area contributed by atoms with E-state index in [1.165, 1.54) is 11.1 Å². The van der Waals surface area contributed by atoms with Crippen LogP contribution in [0.5, 0.6) is 5.75 Å². The fraction of sp³-hybridized carbons (Fsp3) is 0.250. The first kappa shape index (κ1) is 22.6. The summed E-state index contributed by atoms with van der Waals surface area (Å²) in [6, 6.07) is 17.7. The van der Waals surface area contributed by atoms with Crippen molar-refractivity contribution in [3.05, 3.63) is 82.4 Å². The van der Waals surface area contributed by atoms with Gasteiger partial charge in [-0.25, -0.2) is 15.0 Å². The molecule has 0 fully saturated rings. The van der Waals surface area contributed by atoms with Crippen molar-refractivity contribution in [3.63, 3.8) is 0 Å². The van der Waals surface area contributed by atoms with Crippen molar-refractivity contribution in [2.24, 2.45) is 0 Å². The average molecular weight is 440 g/mol. The van der Waals surface area contributed by atoms with E-state index in [-0.39, 0.29) is 5.75 Å². The molecule has 168 valence electrons. The lowest BCUT2D eigenvalue weighted by atomic mass is 10.0. The standard InChI is InChI=1S/C28H29N3O2/c1-16-6-9-22(18(3)12-16)26-29-27(23-10-7-17(2)13-19(23)4)31-28(30-26)24-11-8-21(14-20(5)32)15-25(24)33/h6-13,15,20,32-33H,14H2,1-5H3. The minimum atomic E-state index is -0.486. The first-order valence-corrected chi connectivity index (χ1v) is 11.1. The molecule has 0 bridgehead atoms. The highest BCUT2D eigenvalue weighted by atomic mass is 16.3. The van der Waals surface area contributed by atoms with E-state index < -0.39 is 6.10 Å². The van der Waals surface area contributed by atoms with Crippen LogP contribution in [-0.4, -0.2) is 31.3 Å². The molecule has 4 rings (SSSR count). The third kappa shape index (κ3) is 4.94. The van der Waals surface area contributed by atoms with Gasteiger partial charge >= 0.3 is 0 Å². The fourth-order valence-corrected chi connectivity index (χ4v) is 4.10. The predicted octanol–water partition coefficient (Wildman–Crippen LogP) is 5.74. The summed E-state index contributed by atoms with van der Waals surface area (Å²) in [5.74, 6) is 1.63. The molecule has 1 atom stereocenters. The second kappa shape index (κ2) is 9.12. The van der Waals surface area contributed by atoms with Gasteiger partial charge in [-0.15, -0.1) is 0 Å². The van der Waals surface area contributed by atoms with Crippen LogP contribution in [0.15, 0.2) is 54.6 Å². The molecule has 4 aromatic rings. The van der Waals surface area contributed by atoms with E-state index in [0.29, 0.717) is 29.5 Å². The number of phenols is 1. The maximum absolute atomic E-state index is 10.8. The lowest BCUT2D eigenvalue weighted by Gasteiger charge is -2.13. The third-order valence-corrected chi connectivity index (χ3v) is 5.72. The van der Waals surface area contributed by atoms with Gasteiger partial charge in [-0.3, -0.25) is 0 Å². The van der Waals surface area contributed by atoms with Gasteiger partial charge in [0.15, 0.2) is 17.5 Å². The van der Waals surface area contributed by atoms with Crippen LogP contribution >= 0.6 is 0 Å². The van der Waals surface area contributed by atoms with E-state index >= 15 is 0 Å². The van der Waals surface area contributed by atoms with Crippen molar-refractivity contribution in [1.82, 2.24) is 15.0 Å². The number of aliphatic hydroxyl groups is 1. The van der Waals surface area contributed by atoms with Gasteiger partial charge in [-0.1, -0.05) is 53.6 Å². The highest BCUT2D eigenvalue weighted by Crippen LogP contribution is 2.32.